The largest absolute Gasteiger partial charge is 0.497 e. The Morgan fingerprint density at radius 2 is 1.67 bits per heavy atom. The minimum Gasteiger partial charge on any atom is -0.497 e. The van der Waals surface area contributed by atoms with Crippen LogP contribution in [0.3, 0.4) is 0 Å². The molecule has 6 nitrogen and oxygen atoms in total. The molecule has 2 heterocycles. The lowest BCUT2D eigenvalue weighted by atomic mass is 9.91. The number of benzene rings is 1. The monoisotopic (exact) mass is 500 g/mol. The zero-order chi connectivity index (χ0) is 22.0. The fourth-order valence-corrected chi connectivity index (χ4v) is 3.87. The molecule has 2 N–H and O–H groups in total. The lowest BCUT2D eigenvalue weighted by Crippen LogP contribution is -2.40. The van der Waals surface area contributed by atoms with E-state index in [1.807, 2.05) is 0 Å². The Morgan fingerprint density at radius 3 is 2.27 bits per heavy atom. The minimum absolute atomic E-state index is 0. The van der Waals surface area contributed by atoms with Gasteiger partial charge in [-0.3, -0.25) is 9.20 Å². The summed E-state index contributed by atoms with van der Waals surface area (Å²) in [6.45, 7) is 0. The minimum atomic E-state index is -4.48. The quantitative estimate of drug-likeness (QED) is 0.531. The van der Waals surface area contributed by atoms with Crippen LogP contribution in [0.15, 0.2) is 48.7 Å². The van der Waals surface area contributed by atoms with E-state index < -0.39 is 11.9 Å². The van der Waals surface area contributed by atoms with Crippen LogP contribution in [0.4, 0.5) is 19.0 Å². The highest BCUT2D eigenvalue weighted by molar-refractivity contribution is 7.59. The van der Waals surface area contributed by atoms with Crippen LogP contribution in [-0.2, 0) is 6.18 Å². The molecule has 2 aromatic heterocycles. The SMILES string of the molecule is COc1ccc(C(=O)NC2CCC(Nc3cccc4nc(C(F)(F)F)cn34)CC2)cc1.S.S. The Labute approximate surface area is 203 Å². The summed E-state index contributed by atoms with van der Waals surface area (Å²) < 4.78 is 45.5. The van der Waals surface area contributed by atoms with Gasteiger partial charge in [0.2, 0.25) is 0 Å². The summed E-state index contributed by atoms with van der Waals surface area (Å²) in [6, 6.07) is 12.1. The summed E-state index contributed by atoms with van der Waals surface area (Å²) in [5.74, 6) is 1.14. The first-order chi connectivity index (χ1) is 14.8. The molecule has 1 fully saturated rings. The van der Waals surface area contributed by atoms with E-state index in [0.717, 1.165) is 31.9 Å². The number of carbonyl (C=O) groups is 1. The van der Waals surface area contributed by atoms with Crippen LogP contribution < -0.4 is 15.4 Å². The molecule has 1 amide bonds. The zero-order valence-corrected chi connectivity index (χ0v) is 19.9. The zero-order valence-electron chi connectivity index (χ0n) is 17.9. The molecular formula is C22H27F3N4O2S2. The van der Waals surface area contributed by atoms with Crippen molar-refractivity contribution in [3.8, 4) is 5.75 Å². The second-order valence-corrected chi connectivity index (χ2v) is 7.66. The number of imidazole rings is 1. The van der Waals surface area contributed by atoms with Gasteiger partial charge in [-0.1, -0.05) is 6.07 Å². The molecule has 0 unspecified atom stereocenters. The number of nitrogens with one attached hydrogen (secondary N) is 2. The molecule has 3 aromatic rings. The number of aromatic nitrogens is 2. The number of amides is 1. The first kappa shape index (κ1) is 26.7. The van der Waals surface area contributed by atoms with Crippen molar-refractivity contribution in [3.63, 3.8) is 0 Å². The molecule has 33 heavy (non-hydrogen) atoms. The summed E-state index contributed by atoms with van der Waals surface area (Å²) in [5, 5.41) is 6.39. The maximum absolute atomic E-state index is 13.0. The first-order valence-electron chi connectivity index (χ1n) is 10.1. The molecule has 1 aromatic carbocycles. The van der Waals surface area contributed by atoms with E-state index in [1.54, 1.807) is 49.6 Å². The van der Waals surface area contributed by atoms with E-state index in [1.165, 1.54) is 4.40 Å². The first-order valence-corrected chi connectivity index (χ1v) is 10.1. The summed E-state index contributed by atoms with van der Waals surface area (Å²) in [4.78, 5) is 16.1. The van der Waals surface area contributed by atoms with E-state index in [4.69, 9.17) is 4.74 Å². The van der Waals surface area contributed by atoms with Gasteiger partial charge >= 0.3 is 6.18 Å². The van der Waals surface area contributed by atoms with Gasteiger partial charge in [0, 0.05) is 23.8 Å². The highest BCUT2D eigenvalue weighted by atomic mass is 32.1. The summed E-state index contributed by atoms with van der Waals surface area (Å²) in [6.07, 6.45) is -0.308. The Balaban J connectivity index is 0.00000193. The standard InChI is InChI=1S/C22H23F3N4O2.2H2S/c1-31-17-11-5-14(6-12-17)21(30)27-16-9-7-15(8-10-16)26-19-3-2-4-20-28-18(13-29(19)20)22(23,24)25;;/h2-6,11-13,15-16,26H,7-10H2,1H3,(H,27,30);2*1H2. The van der Waals surface area contributed by atoms with Gasteiger partial charge in [0.25, 0.3) is 5.91 Å². The lowest BCUT2D eigenvalue weighted by molar-refractivity contribution is -0.140. The Hall–Kier alpha value is -2.53. The number of carbonyl (C=O) groups excluding carboxylic acids is 1. The number of alkyl halides is 3. The molecule has 1 aliphatic rings. The van der Waals surface area contributed by atoms with Gasteiger partial charge in [0.1, 0.15) is 17.2 Å². The summed E-state index contributed by atoms with van der Waals surface area (Å²) >= 11 is 0. The van der Waals surface area contributed by atoms with Gasteiger partial charge < -0.3 is 15.4 Å². The fourth-order valence-electron chi connectivity index (χ4n) is 3.87. The van der Waals surface area contributed by atoms with Gasteiger partial charge in [-0.25, -0.2) is 4.98 Å². The highest BCUT2D eigenvalue weighted by Gasteiger charge is 2.34. The van der Waals surface area contributed by atoms with Crippen molar-refractivity contribution in [2.75, 3.05) is 12.4 Å². The van der Waals surface area contributed by atoms with Crippen molar-refractivity contribution in [1.82, 2.24) is 14.7 Å². The van der Waals surface area contributed by atoms with Crippen LogP contribution >= 0.6 is 27.0 Å². The second-order valence-electron chi connectivity index (χ2n) is 7.66. The van der Waals surface area contributed by atoms with E-state index in [-0.39, 0.29) is 50.6 Å². The van der Waals surface area contributed by atoms with Gasteiger partial charge in [0.15, 0.2) is 5.69 Å². The lowest BCUT2D eigenvalue weighted by Gasteiger charge is -2.30. The van der Waals surface area contributed by atoms with E-state index >= 15 is 0 Å². The van der Waals surface area contributed by atoms with Crippen molar-refractivity contribution in [3.05, 3.63) is 59.9 Å². The molecule has 180 valence electrons. The van der Waals surface area contributed by atoms with Crippen LogP contribution in [-0.4, -0.2) is 34.5 Å². The molecule has 1 aliphatic carbocycles. The molecular weight excluding hydrogens is 473 g/mol. The van der Waals surface area contributed by atoms with Gasteiger partial charge in [0.05, 0.1) is 7.11 Å². The number of hydrogen-bond acceptors (Lipinski definition) is 4. The van der Waals surface area contributed by atoms with Gasteiger partial charge in [-0.05, 0) is 62.1 Å². The molecule has 0 saturated heterocycles. The van der Waals surface area contributed by atoms with Gasteiger partial charge in [-0.2, -0.15) is 40.2 Å². The smallest absolute Gasteiger partial charge is 0.434 e. The van der Waals surface area contributed by atoms with Crippen molar-refractivity contribution < 1.29 is 22.7 Å². The highest BCUT2D eigenvalue weighted by Crippen LogP contribution is 2.30. The third-order valence-corrected chi connectivity index (χ3v) is 5.55. The summed E-state index contributed by atoms with van der Waals surface area (Å²) in [7, 11) is 1.57. The molecule has 0 aliphatic heterocycles. The Kier molecular flexibility index (Phi) is 8.96. The number of nitrogens with zero attached hydrogens (tertiary/aromatic N) is 2. The predicted molar refractivity (Wildman–Crippen MR) is 131 cm³/mol. The van der Waals surface area contributed by atoms with Crippen LogP contribution in [0.25, 0.3) is 5.65 Å². The number of ether oxygens (including phenoxy) is 1. The maximum atomic E-state index is 13.0. The number of fused-ring (bicyclic) bond motifs is 1. The third-order valence-electron chi connectivity index (χ3n) is 5.55. The fraction of sp³-hybridized carbons (Fsp3) is 0.364. The molecule has 0 spiro atoms. The predicted octanol–water partition coefficient (Wildman–Crippen LogP) is 4.74. The Morgan fingerprint density at radius 1 is 1.03 bits per heavy atom. The molecule has 11 heteroatoms. The summed E-state index contributed by atoms with van der Waals surface area (Å²) in [5.41, 5.74) is -0.0854. The van der Waals surface area contributed by atoms with Crippen LogP contribution in [0.1, 0.15) is 41.7 Å². The average molecular weight is 501 g/mol. The van der Waals surface area contributed by atoms with Crippen molar-refractivity contribution in [2.24, 2.45) is 0 Å². The van der Waals surface area contributed by atoms with Crippen molar-refractivity contribution in [1.29, 1.82) is 0 Å². The Bertz CT molecular complexity index is 1070. The topological polar surface area (TPSA) is 67.7 Å². The number of rotatable bonds is 5. The number of halogens is 3. The molecule has 4 rings (SSSR count). The maximum Gasteiger partial charge on any atom is 0.434 e. The number of methoxy groups -OCH3 is 1. The normalized spacial score (nSPS) is 18.1. The molecule has 0 radical (unpaired) electrons. The van der Waals surface area contributed by atoms with E-state index in [9.17, 15) is 18.0 Å². The van der Waals surface area contributed by atoms with Crippen molar-refractivity contribution in [2.45, 2.75) is 43.9 Å². The number of anilines is 1. The number of pyridine rings is 1. The molecule has 1 saturated carbocycles. The third kappa shape index (κ3) is 6.29. The molecule has 0 atom stereocenters. The van der Waals surface area contributed by atoms with Crippen molar-refractivity contribution >= 4 is 44.4 Å². The van der Waals surface area contributed by atoms with Crippen LogP contribution in [0.2, 0.25) is 0 Å². The van der Waals surface area contributed by atoms with E-state index in [0.29, 0.717) is 17.1 Å². The van der Waals surface area contributed by atoms with E-state index in [2.05, 4.69) is 15.6 Å². The number of hydrogen-bond donors (Lipinski definition) is 2. The second kappa shape index (κ2) is 11.1. The van der Waals surface area contributed by atoms with Gasteiger partial charge in [-0.15, -0.1) is 0 Å². The average Bonchev–Trinajstić information content (AvgIpc) is 3.21. The van der Waals surface area contributed by atoms with Crippen LogP contribution in [0, 0.1) is 0 Å². The van der Waals surface area contributed by atoms with Crippen LogP contribution in [0.5, 0.6) is 5.75 Å². The molecule has 0 bridgehead atoms.